The molecule has 11 atom stereocenters. The van der Waals surface area contributed by atoms with Gasteiger partial charge in [-0.05, 0) is 67.6 Å². The van der Waals surface area contributed by atoms with Crippen LogP contribution in [0.25, 0.3) is 0 Å². The average molecular weight is 1050 g/mol. The Kier molecular flexibility index (Phi) is 31.6. The van der Waals surface area contributed by atoms with Gasteiger partial charge in [-0.25, -0.2) is 4.79 Å². The minimum Gasteiger partial charge on any atom is -0.481 e. The topological polar surface area (TPSA) is 310 Å². The molecule has 1 rings (SSSR count). The molecular weight excluding hydrogens is 953 g/mol. The Morgan fingerprint density at radius 1 is 0.514 bits per heavy atom. The molecule has 0 radical (unpaired) electrons. The number of aliphatic carboxylic acids is 1. The van der Waals surface area contributed by atoms with Crippen molar-refractivity contribution in [3.05, 3.63) is 0 Å². The Morgan fingerprint density at radius 2 is 0.919 bits per heavy atom. The summed E-state index contributed by atoms with van der Waals surface area (Å²) in [4.78, 5) is 138. The first kappa shape index (κ1) is 66.7. The molecule has 10 N–H and O–H groups in total. The molecule has 1 aliphatic rings. The van der Waals surface area contributed by atoms with Gasteiger partial charge in [-0.1, -0.05) is 147 Å². The summed E-state index contributed by atoms with van der Waals surface area (Å²) in [5.74, 6) is -10.0. The van der Waals surface area contributed by atoms with Gasteiger partial charge in [0.2, 0.25) is 47.3 Å². The van der Waals surface area contributed by atoms with Crippen LogP contribution in [-0.4, -0.2) is 113 Å². The van der Waals surface area contributed by atoms with Crippen LogP contribution in [-0.2, 0) is 52.7 Å². The predicted molar refractivity (Wildman–Crippen MR) is 282 cm³/mol. The van der Waals surface area contributed by atoms with Gasteiger partial charge in [0.25, 0.3) is 0 Å². The summed E-state index contributed by atoms with van der Waals surface area (Å²) in [6.45, 7) is 22.1. The molecule has 0 bridgehead atoms. The lowest BCUT2D eigenvalue weighted by Crippen LogP contribution is -2.61. The molecule has 0 aromatic heterocycles. The van der Waals surface area contributed by atoms with Crippen molar-refractivity contribution in [2.45, 2.75) is 247 Å². The van der Waals surface area contributed by atoms with E-state index in [0.29, 0.717) is 31.6 Å². The maximum absolute atomic E-state index is 14.3. The van der Waals surface area contributed by atoms with E-state index in [4.69, 9.17) is 10.5 Å². The zero-order chi connectivity index (χ0) is 56.2. The number of nitrogens with one attached hydrogen (secondary N) is 7. The van der Waals surface area contributed by atoms with Crippen molar-refractivity contribution in [1.29, 1.82) is 0 Å². The van der Waals surface area contributed by atoms with E-state index in [2.05, 4.69) is 51.1 Å². The summed E-state index contributed by atoms with van der Waals surface area (Å²) in [6.07, 6.45) is 6.52. The number of carboxylic acid groups (broad SMARTS) is 1. The summed E-state index contributed by atoms with van der Waals surface area (Å²) in [7, 11) is 0. The Bertz CT molecular complexity index is 1830. The van der Waals surface area contributed by atoms with E-state index >= 15 is 0 Å². The van der Waals surface area contributed by atoms with Crippen molar-refractivity contribution in [3.8, 4) is 0 Å². The number of primary amides is 1. The van der Waals surface area contributed by atoms with E-state index in [1.165, 1.54) is 6.42 Å². The van der Waals surface area contributed by atoms with Gasteiger partial charge in [0.1, 0.15) is 48.4 Å². The van der Waals surface area contributed by atoms with E-state index in [1.54, 1.807) is 48.5 Å². The summed E-state index contributed by atoms with van der Waals surface area (Å²) in [5.41, 5.74) is 5.51. The van der Waals surface area contributed by atoms with Crippen LogP contribution in [0.4, 0.5) is 0 Å². The molecule has 0 aliphatic carbocycles. The van der Waals surface area contributed by atoms with Crippen LogP contribution >= 0.6 is 0 Å². The largest absolute Gasteiger partial charge is 0.481 e. The highest BCUT2D eigenvalue weighted by Crippen LogP contribution is 2.20. The highest BCUT2D eigenvalue weighted by molar-refractivity contribution is 5.98. The number of carbonyl (C=O) groups excluding carboxylic acids is 9. The molecule has 74 heavy (non-hydrogen) atoms. The lowest BCUT2D eigenvalue weighted by molar-refractivity contribution is -0.156. The third-order valence-electron chi connectivity index (χ3n) is 13.9. The van der Waals surface area contributed by atoms with Crippen LogP contribution in [0.5, 0.6) is 0 Å². The first-order valence-corrected chi connectivity index (χ1v) is 27.6. The molecule has 11 unspecified atom stereocenters. The number of hydrogen-bond donors (Lipinski definition) is 9. The van der Waals surface area contributed by atoms with Gasteiger partial charge < -0.3 is 52.8 Å². The number of unbranched alkanes of at least 4 members (excludes halogenated alkanes) is 6. The van der Waals surface area contributed by atoms with Crippen LogP contribution in [0.1, 0.15) is 199 Å². The molecule has 1 fully saturated rings. The highest BCUT2D eigenvalue weighted by atomic mass is 16.5. The Balaban J connectivity index is 4.01. The standard InChI is InChI=1S/C54H96N8O12/c1-13-34(10)45-52(71)58-40(28-33(8)9)50(69)61-46(35(11)14-2)53(72)59-41(30-44(65)66)49(68)57-39(27-32(6)7)51(70)62-47(36(12)15-3)54(73)74-37(24-22-20-18-16-17-19-21-23-31(4)5)29-43(64)56-38(48(67)60-45)25-26-42(55)63/h31-41,45-47H,13-30H2,1-12H3,(H2,55,63)(H,56,64)(H,57,68)(H,58,71)(H,59,72)(H,60,67)(H,61,69)(H,62,70)(H,65,66). The number of cyclic esters (lactones) is 1. The summed E-state index contributed by atoms with van der Waals surface area (Å²) < 4.78 is 6.09. The van der Waals surface area contributed by atoms with Crippen LogP contribution in [0, 0.1) is 35.5 Å². The fourth-order valence-electron chi connectivity index (χ4n) is 8.68. The number of carbonyl (C=O) groups is 10. The summed E-state index contributed by atoms with van der Waals surface area (Å²) >= 11 is 0. The Morgan fingerprint density at radius 3 is 1.36 bits per heavy atom. The quantitative estimate of drug-likeness (QED) is 0.0439. The van der Waals surface area contributed by atoms with Crippen LogP contribution < -0.4 is 43.0 Å². The molecule has 0 aromatic carbocycles. The molecule has 20 heteroatoms. The summed E-state index contributed by atoms with van der Waals surface area (Å²) in [5, 5.41) is 28.7. The molecule has 20 nitrogen and oxygen atoms in total. The van der Waals surface area contributed by atoms with Crippen LogP contribution in [0.15, 0.2) is 0 Å². The lowest BCUT2D eigenvalue weighted by Gasteiger charge is -2.31. The molecule has 1 saturated heterocycles. The number of nitrogens with two attached hydrogens (primary N) is 1. The summed E-state index contributed by atoms with van der Waals surface area (Å²) in [6, 6.07) is -9.50. The molecule has 8 amide bonds. The van der Waals surface area contributed by atoms with E-state index in [9.17, 15) is 53.1 Å². The van der Waals surface area contributed by atoms with Crippen molar-refractivity contribution < 1.29 is 57.8 Å². The maximum Gasteiger partial charge on any atom is 0.329 e. The first-order chi connectivity index (χ1) is 34.7. The third-order valence-corrected chi connectivity index (χ3v) is 13.9. The van der Waals surface area contributed by atoms with Crippen molar-refractivity contribution in [3.63, 3.8) is 0 Å². The second-order valence-corrected chi connectivity index (χ2v) is 22.0. The van der Waals surface area contributed by atoms with Crippen molar-refractivity contribution in [1.82, 2.24) is 37.2 Å². The zero-order valence-electron chi connectivity index (χ0n) is 46.8. The monoisotopic (exact) mass is 1050 g/mol. The Hall–Kier alpha value is -5.30. The van der Waals surface area contributed by atoms with Crippen molar-refractivity contribution in [2.75, 3.05) is 0 Å². The van der Waals surface area contributed by atoms with Gasteiger partial charge in [0.05, 0.1) is 12.8 Å². The number of carboxylic acids is 1. The molecule has 0 aromatic rings. The minimum absolute atomic E-state index is 0.0466. The van der Waals surface area contributed by atoms with E-state index < -0.39 is 138 Å². The maximum atomic E-state index is 14.3. The Labute approximate surface area is 441 Å². The van der Waals surface area contributed by atoms with Gasteiger partial charge in [-0.2, -0.15) is 0 Å². The van der Waals surface area contributed by atoms with Gasteiger partial charge in [0, 0.05) is 6.42 Å². The van der Waals surface area contributed by atoms with Crippen LogP contribution in [0.3, 0.4) is 0 Å². The van der Waals surface area contributed by atoms with Crippen LogP contribution in [0.2, 0.25) is 0 Å². The van der Waals surface area contributed by atoms with Gasteiger partial charge in [-0.3, -0.25) is 43.2 Å². The van der Waals surface area contributed by atoms with Gasteiger partial charge >= 0.3 is 11.9 Å². The van der Waals surface area contributed by atoms with Gasteiger partial charge in [-0.15, -0.1) is 0 Å². The van der Waals surface area contributed by atoms with Crippen molar-refractivity contribution >= 4 is 59.2 Å². The molecule has 1 heterocycles. The van der Waals surface area contributed by atoms with Crippen molar-refractivity contribution in [2.24, 2.45) is 41.2 Å². The second-order valence-electron chi connectivity index (χ2n) is 22.0. The first-order valence-electron chi connectivity index (χ1n) is 27.6. The number of rotatable bonds is 25. The zero-order valence-corrected chi connectivity index (χ0v) is 46.8. The second kappa shape index (κ2) is 35.0. The number of ether oxygens (including phenoxy) is 1. The average Bonchev–Trinajstić information content (AvgIpc) is 3.31. The van der Waals surface area contributed by atoms with E-state index in [1.807, 2.05) is 20.8 Å². The number of amides is 8. The van der Waals surface area contributed by atoms with E-state index in [-0.39, 0.29) is 43.9 Å². The minimum atomic E-state index is -1.72. The fraction of sp³-hybridized carbons (Fsp3) is 0.815. The predicted octanol–water partition coefficient (Wildman–Crippen LogP) is 4.83. The lowest BCUT2D eigenvalue weighted by atomic mass is 9.95. The highest BCUT2D eigenvalue weighted by Gasteiger charge is 2.38. The molecule has 1 aliphatic heterocycles. The molecule has 0 saturated carbocycles. The van der Waals surface area contributed by atoms with E-state index in [0.717, 1.165) is 38.5 Å². The number of hydrogen-bond acceptors (Lipinski definition) is 11. The molecule has 424 valence electrons. The molecular formula is C54H96N8O12. The fourth-order valence-corrected chi connectivity index (χ4v) is 8.68. The smallest absolute Gasteiger partial charge is 0.329 e. The number of esters is 1. The SMILES string of the molecule is CCC(C)C1NC(=O)C(CC(C)C)NC(=O)C(C(C)CC)NC(=O)C(CCC(N)=O)NC(=O)CC(CCCCCCCCCC(C)C)OC(=O)C(C(C)CC)NC(=O)C(CC(C)C)NC(=O)C(CC(=O)O)NC1=O. The molecule has 0 spiro atoms. The van der Waals surface area contributed by atoms with Gasteiger partial charge in [0.15, 0.2) is 0 Å². The third kappa shape index (κ3) is 25.8. The normalized spacial score (nSPS) is 25.0.